The minimum atomic E-state index is -1.11. The van der Waals surface area contributed by atoms with Crippen LogP contribution in [-0.4, -0.2) is 62.2 Å². The van der Waals surface area contributed by atoms with Crippen molar-refractivity contribution in [3.63, 3.8) is 0 Å². The highest BCUT2D eigenvalue weighted by Crippen LogP contribution is 2.45. The lowest BCUT2D eigenvalue weighted by molar-refractivity contribution is -0.142. The van der Waals surface area contributed by atoms with Gasteiger partial charge in [-0.25, -0.2) is 4.98 Å². The quantitative estimate of drug-likeness (QED) is 0.370. The van der Waals surface area contributed by atoms with Crippen LogP contribution in [0, 0.1) is 23.7 Å². The van der Waals surface area contributed by atoms with Crippen LogP contribution in [0.5, 0.6) is 0 Å². The summed E-state index contributed by atoms with van der Waals surface area (Å²) in [7, 11) is 0. The van der Waals surface area contributed by atoms with Crippen molar-refractivity contribution < 1.29 is 19.5 Å². The maximum atomic E-state index is 13.6. The molecule has 2 fully saturated rings. The van der Waals surface area contributed by atoms with Crippen LogP contribution in [0.3, 0.4) is 0 Å². The van der Waals surface area contributed by atoms with Gasteiger partial charge in [-0.15, -0.1) is 11.3 Å². The van der Waals surface area contributed by atoms with Gasteiger partial charge in [0.05, 0.1) is 34.3 Å². The fraction of sp³-hybridized carbons (Fsp3) is 0.519. The molecule has 2 heterocycles. The summed E-state index contributed by atoms with van der Waals surface area (Å²) in [6, 6.07) is 7.59. The van der Waals surface area contributed by atoms with Gasteiger partial charge in [-0.3, -0.25) is 14.4 Å². The Kier molecular flexibility index (Phi) is 7.89. The van der Waals surface area contributed by atoms with E-state index in [0.29, 0.717) is 12.8 Å². The first-order valence-electron chi connectivity index (χ1n) is 12.6. The smallest absolute Gasteiger partial charge is 0.247 e. The molecular formula is C27H33N5O4S2. The number of carbonyl (C=O) groups excluding carboxylic acids is 3. The molecule has 1 aromatic heterocycles. The molecular weight excluding hydrogens is 522 g/mol. The third-order valence-corrected chi connectivity index (χ3v) is 8.51. The number of rotatable bonds is 8. The Balaban J connectivity index is 1.46. The highest BCUT2D eigenvalue weighted by molar-refractivity contribution is 7.81. The number of nitrogens with one attached hydrogen (secondary N) is 2. The molecule has 1 saturated carbocycles. The van der Waals surface area contributed by atoms with Crippen molar-refractivity contribution in [2.75, 3.05) is 6.54 Å². The fourth-order valence-corrected chi connectivity index (χ4v) is 5.68. The summed E-state index contributed by atoms with van der Waals surface area (Å²) < 4.78 is -0.974. The first-order chi connectivity index (χ1) is 17.9. The van der Waals surface area contributed by atoms with Crippen molar-refractivity contribution in [2.45, 2.75) is 75.9 Å². The van der Waals surface area contributed by atoms with Gasteiger partial charge in [0, 0.05) is 17.7 Å². The van der Waals surface area contributed by atoms with Gasteiger partial charge in [0.25, 0.3) is 0 Å². The van der Waals surface area contributed by atoms with Crippen molar-refractivity contribution in [2.24, 2.45) is 5.41 Å². The lowest BCUT2D eigenvalue weighted by atomic mass is 9.98. The summed E-state index contributed by atoms with van der Waals surface area (Å²) in [6.45, 7) is 7.16. The lowest BCUT2D eigenvalue weighted by Crippen LogP contribution is -2.60. The first kappa shape index (κ1) is 28.1. The Morgan fingerprint density at radius 3 is 2.45 bits per heavy atom. The number of thiazole rings is 1. The van der Waals surface area contributed by atoms with Crippen molar-refractivity contribution in [1.29, 1.82) is 5.26 Å². The molecule has 1 aliphatic heterocycles. The number of hydrogen-bond acceptors (Lipinski definition) is 8. The zero-order valence-corrected chi connectivity index (χ0v) is 23.6. The number of amides is 3. The third-order valence-electron chi connectivity index (χ3n) is 7.27. The molecule has 0 bridgehead atoms. The number of aliphatic hydroxyl groups is 1. The zero-order valence-electron chi connectivity index (χ0n) is 21.9. The van der Waals surface area contributed by atoms with E-state index in [1.807, 2.05) is 49.7 Å². The predicted octanol–water partition coefficient (Wildman–Crippen LogP) is 2.75. The molecule has 38 heavy (non-hydrogen) atoms. The second kappa shape index (κ2) is 10.7. The van der Waals surface area contributed by atoms with Gasteiger partial charge in [0.2, 0.25) is 17.7 Å². The van der Waals surface area contributed by atoms with Crippen molar-refractivity contribution in [3.8, 4) is 16.5 Å². The summed E-state index contributed by atoms with van der Waals surface area (Å²) in [4.78, 5) is 46.4. The molecule has 11 heteroatoms. The Bertz CT molecular complexity index is 1260. The number of hydrogen-bond donors (Lipinski definition) is 4. The minimum absolute atomic E-state index is 0.0339. The summed E-state index contributed by atoms with van der Waals surface area (Å²) >= 11 is 6.11. The SMILES string of the molecule is Cc1ncsc1-c1ccc([C@H](C)NC(=O)[C@@H]2C[C@@H](O)CN2C(=O)[C@@H](NC(=O)C2(C#N)CC2)C(C)(C)S)cc1. The number of aliphatic hydroxyl groups excluding tert-OH is 1. The number of β-amino-alcohol motifs (C(OH)–C–C–N with tert-alkyl or cyclic N) is 1. The van der Waals surface area contributed by atoms with E-state index in [9.17, 15) is 24.8 Å². The van der Waals surface area contributed by atoms with Crippen LogP contribution in [0.25, 0.3) is 10.4 Å². The van der Waals surface area contributed by atoms with Crippen LogP contribution in [0.1, 0.15) is 57.3 Å². The average Bonchev–Trinajstić information content (AvgIpc) is 3.40. The van der Waals surface area contributed by atoms with Crippen LogP contribution in [0.4, 0.5) is 0 Å². The molecule has 2 aromatic rings. The van der Waals surface area contributed by atoms with Gasteiger partial charge >= 0.3 is 0 Å². The van der Waals surface area contributed by atoms with E-state index in [2.05, 4.69) is 28.2 Å². The van der Waals surface area contributed by atoms with E-state index in [1.165, 1.54) is 4.90 Å². The second-order valence-electron chi connectivity index (χ2n) is 10.8. The number of aryl methyl sites for hydroxylation is 1. The fourth-order valence-electron chi connectivity index (χ4n) is 4.69. The van der Waals surface area contributed by atoms with E-state index in [0.717, 1.165) is 21.7 Å². The zero-order chi connectivity index (χ0) is 27.8. The van der Waals surface area contributed by atoms with Crippen molar-refractivity contribution in [1.82, 2.24) is 20.5 Å². The number of thiol groups is 1. The van der Waals surface area contributed by atoms with Crippen LogP contribution in [-0.2, 0) is 14.4 Å². The largest absolute Gasteiger partial charge is 0.391 e. The molecule has 3 N–H and O–H groups in total. The van der Waals surface area contributed by atoms with Gasteiger partial charge < -0.3 is 20.6 Å². The van der Waals surface area contributed by atoms with E-state index >= 15 is 0 Å². The molecule has 3 amide bonds. The molecule has 2 aliphatic rings. The monoisotopic (exact) mass is 555 g/mol. The Hall–Kier alpha value is -2.94. The Morgan fingerprint density at radius 2 is 1.92 bits per heavy atom. The number of carbonyl (C=O) groups is 3. The van der Waals surface area contributed by atoms with Gasteiger partial charge in [-0.1, -0.05) is 24.3 Å². The summed E-state index contributed by atoms with van der Waals surface area (Å²) in [6.07, 6.45) is 0.0999. The average molecular weight is 556 g/mol. The van der Waals surface area contributed by atoms with E-state index in [1.54, 1.807) is 25.2 Å². The molecule has 0 unspecified atom stereocenters. The summed E-state index contributed by atoms with van der Waals surface area (Å²) in [5.74, 6) is -1.41. The molecule has 9 nitrogen and oxygen atoms in total. The first-order valence-corrected chi connectivity index (χ1v) is 13.9. The molecule has 0 spiro atoms. The minimum Gasteiger partial charge on any atom is -0.391 e. The number of benzene rings is 1. The Morgan fingerprint density at radius 1 is 1.26 bits per heavy atom. The predicted molar refractivity (Wildman–Crippen MR) is 147 cm³/mol. The van der Waals surface area contributed by atoms with E-state index in [-0.39, 0.29) is 24.9 Å². The summed E-state index contributed by atoms with van der Waals surface area (Å²) in [5.41, 5.74) is 3.61. The standard InChI is InChI=1S/C27H33N5O4S2/c1-15(17-5-7-18(8-6-17)21-16(2)29-14-38-21)30-23(34)20-11-19(33)12-32(20)24(35)22(26(3,4)37)31-25(36)27(13-28)9-10-27/h5-8,14-15,19-20,22,33,37H,9-12H2,1-4H3,(H,30,34)(H,31,36)/t15-,19+,20-,22+/m0/s1. The molecule has 4 atom stereocenters. The Labute approximate surface area is 232 Å². The van der Waals surface area contributed by atoms with E-state index < -0.39 is 40.2 Å². The van der Waals surface area contributed by atoms with Crippen LogP contribution >= 0.6 is 24.0 Å². The third kappa shape index (κ3) is 5.72. The van der Waals surface area contributed by atoms with Crippen LogP contribution in [0.2, 0.25) is 0 Å². The molecule has 1 aromatic carbocycles. The van der Waals surface area contributed by atoms with Gasteiger partial charge in [0.1, 0.15) is 17.5 Å². The highest BCUT2D eigenvalue weighted by atomic mass is 32.1. The number of nitrogens with zero attached hydrogens (tertiary/aromatic N) is 3. The van der Waals surface area contributed by atoms with E-state index in [4.69, 9.17) is 0 Å². The topological polar surface area (TPSA) is 135 Å². The molecule has 1 aliphatic carbocycles. The van der Waals surface area contributed by atoms with Gasteiger partial charge in [0.15, 0.2) is 0 Å². The normalized spacial score (nSPS) is 21.8. The lowest BCUT2D eigenvalue weighted by Gasteiger charge is -2.35. The summed E-state index contributed by atoms with van der Waals surface area (Å²) in [5, 5.41) is 25.4. The molecule has 202 valence electrons. The van der Waals surface area contributed by atoms with Gasteiger partial charge in [-0.2, -0.15) is 17.9 Å². The van der Waals surface area contributed by atoms with Crippen molar-refractivity contribution >= 4 is 41.7 Å². The maximum Gasteiger partial charge on any atom is 0.247 e. The van der Waals surface area contributed by atoms with Gasteiger partial charge in [-0.05, 0) is 51.7 Å². The second-order valence-corrected chi connectivity index (χ2v) is 12.8. The molecule has 1 saturated heterocycles. The van der Waals surface area contributed by atoms with Crippen LogP contribution in [0.15, 0.2) is 29.8 Å². The number of likely N-dealkylation sites (tertiary alicyclic amines) is 1. The molecule has 4 rings (SSSR count). The molecule has 0 radical (unpaired) electrons. The van der Waals surface area contributed by atoms with Crippen LogP contribution < -0.4 is 10.6 Å². The number of aromatic nitrogens is 1. The number of nitriles is 1. The van der Waals surface area contributed by atoms with Crippen molar-refractivity contribution in [3.05, 3.63) is 41.0 Å². The maximum absolute atomic E-state index is 13.6. The highest BCUT2D eigenvalue weighted by Gasteiger charge is 2.53.